The van der Waals surface area contributed by atoms with E-state index in [1.54, 1.807) is 13.0 Å². The van der Waals surface area contributed by atoms with Crippen molar-refractivity contribution < 1.29 is 9.63 Å². The Bertz CT molecular complexity index is 737. The highest BCUT2D eigenvalue weighted by molar-refractivity contribution is 5.87. The number of hydrogen-bond donors (Lipinski definition) is 2. The summed E-state index contributed by atoms with van der Waals surface area (Å²) in [7, 11) is 0. The Morgan fingerprint density at radius 2 is 2.00 bits per heavy atom. The van der Waals surface area contributed by atoms with Crippen LogP contribution >= 0.6 is 0 Å². The van der Waals surface area contributed by atoms with Gasteiger partial charge >= 0.3 is 0 Å². The largest absolute Gasteiger partial charge is 0.508 e. The highest BCUT2D eigenvalue weighted by Crippen LogP contribution is 2.26. The predicted molar refractivity (Wildman–Crippen MR) is 75.2 cm³/mol. The Morgan fingerprint density at radius 1 is 1.15 bits per heavy atom. The van der Waals surface area contributed by atoms with Crippen LogP contribution < -0.4 is 5.32 Å². The Balaban J connectivity index is 1.78. The van der Waals surface area contributed by atoms with Gasteiger partial charge in [-0.2, -0.15) is 4.98 Å². The van der Waals surface area contributed by atoms with Crippen LogP contribution in [0.3, 0.4) is 0 Å². The van der Waals surface area contributed by atoms with Crippen molar-refractivity contribution in [2.24, 2.45) is 0 Å². The first-order chi connectivity index (χ1) is 9.74. The molecule has 0 aliphatic heterocycles. The molecule has 1 heterocycles. The fraction of sp³-hybridized carbons (Fsp3) is 0.200. The van der Waals surface area contributed by atoms with Crippen LogP contribution in [-0.4, -0.2) is 15.2 Å². The molecule has 3 aromatic rings. The van der Waals surface area contributed by atoms with Gasteiger partial charge in [0.1, 0.15) is 5.75 Å². The van der Waals surface area contributed by atoms with Crippen molar-refractivity contribution >= 4 is 10.8 Å². The highest BCUT2D eigenvalue weighted by atomic mass is 16.5. The summed E-state index contributed by atoms with van der Waals surface area (Å²) in [5.41, 5.74) is 0.878. The molecule has 2 N–H and O–H groups in total. The van der Waals surface area contributed by atoms with Gasteiger partial charge in [-0.05, 0) is 16.8 Å². The molecule has 5 nitrogen and oxygen atoms in total. The third kappa shape index (κ3) is 2.48. The molecule has 0 aliphatic rings. The normalized spacial score (nSPS) is 11.1. The lowest BCUT2D eigenvalue weighted by Gasteiger charge is -2.09. The lowest BCUT2D eigenvalue weighted by atomic mass is 10.0. The van der Waals surface area contributed by atoms with Gasteiger partial charge in [-0.1, -0.05) is 35.5 Å². The minimum absolute atomic E-state index is 0.292. The zero-order valence-electron chi connectivity index (χ0n) is 11.1. The van der Waals surface area contributed by atoms with E-state index >= 15 is 0 Å². The smallest absolute Gasteiger partial charge is 0.223 e. The molecular weight excluding hydrogens is 254 g/mol. The molecule has 102 valence electrons. The van der Waals surface area contributed by atoms with Gasteiger partial charge in [0.2, 0.25) is 5.89 Å². The molecule has 0 unspecified atom stereocenters. The van der Waals surface area contributed by atoms with Crippen molar-refractivity contribution in [3.8, 4) is 5.75 Å². The van der Waals surface area contributed by atoms with Crippen molar-refractivity contribution in [2.45, 2.75) is 20.0 Å². The van der Waals surface area contributed by atoms with Crippen LogP contribution in [0.1, 0.15) is 17.3 Å². The van der Waals surface area contributed by atoms with Crippen LogP contribution in [0, 0.1) is 6.92 Å². The average Bonchev–Trinajstić information content (AvgIpc) is 2.87. The molecule has 20 heavy (non-hydrogen) atoms. The average molecular weight is 269 g/mol. The van der Waals surface area contributed by atoms with Crippen LogP contribution in [0.15, 0.2) is 40.9 Å². The first-order valence-corrected chi connectivity index (χ1v) is 6.43. The van der Waals surface area contributed by atoms with Crippen LogP contribution in [0.5, 0.6) is 5.75 Å². The summed E-state index contributed by atoms with van der Waals surface area (Å²) in [6, 6.07) is 11.6. The van der Waals surface area contributed by atoms with E-state index in [2.05, 4.69) is 15.5 Å². The third-order valence-electron chi connectivity index (χ3n) is 3.17. The van der Waals surface area contributed by atoms with E-state index in [0.29, 0.717) is 30.6 Å². The molecule has 0 atom stereocenters. The standard InChI is InChI=1S/C15H15N3O2/c1-10-17-15(18-20-10)9-16-8-13-12-5-3-2-4-11(12)6-7-14(13)19/h2-7,16,19H,8-9H2,1H3. The van der Waals surface area contributed by atoms with Crippen molar-refractivity contribution in [2.75, 3.05) is 0 Å². The maximum Gasteiger partial charge on any atom is 0.223 e. The van der Waals surface area contributed by atoms with Gasteiger partial charge in [0.25, 0.3) is 0 Å². The SMILES string of the molecule is Cc1nc(CNCc2c(O)ccc3ccccc23)no1. The number of nitrogens with zero attached hydrogens (tertiary/aromatic N) is 2. The molecule has 0 radical (unpaired) electrons. The second-order valence-corrected chi connectivity index (χ2v) is 4.62. The molecular formula is C15H15N3O2. The number of aryl methyl sites for hydroxylation is 1. The van der Waals surface area contributed by atoms with E-state index in [4.69, 9.17) is 4.52 Å². The number of phenolic OH excluding ortho intramolecular Hbond substituents is 1. The summed E-state index contributed by atoms with van der Waals surface area (Å²) in [6.07, 6.45) is 0. The predicted octanol–water partition coefficient (Wildman–Crippen LogP) is 2.53. The topological polar surface area (TPSA) is 71.2 Å². The van der Waals surface area contributed by atoms with E-state index in [1.165, 1.54) is 0 Å². The van der Waals surface area contributed by atoms with Crippen molar-refractivity contribution in [3.63, 3.8) is 0 Å². The number of aromatic nitrogens is 2. The number of fused-ring (bicyclic) bond motifs is 1. The number of rotatable bonds is 4. The molecule has 0 saturated carbocycles. The first kappa shape index (κ1) is 12.6. The number of nitrogens with one attached hydrogen (secondary N) is 1. The lowest BCUT2D eigenvalue weighted by molar-refractivity contribution is 0.385. The summed E-state index contributed by atoms with van der Waals surface area (Å²) >= 11 is 0. The fourth-order valence-corrected chi connectivity index (χ4v) is 2.22. The molecule has 0 bridgehead atoms. The summed E-state index contributed by atoms with van der Waals surface area (Å²) < 4.78 is 4.91. The van der Waals surface area contributed by atoms with Crippen molar-refractivity contribution in [1.29, 1.82) is 0 Å². The zero-order valence-corrected chi connectivity index (χ0v) is 11.1. The molecule has 0 saturated heterocycles. The van der Waals surface area contributed by atoms with E-state index < -0.39 is 0 Å². The Hall–Kier alpha value is -2.40. The van der Waals surface area contributed by atoms with Crippen LogP contribution in [0.25, 0.3) is 10.8 Å². The Morgan fingerprint density at radius 3 is 2.80 bits per heavy atom. The second-order valence-electron chi connectivity index (χ2n) is 4.62. The molecule has 2 aromatic carbocycles. The lowest BCUT2D eigenvalue weighted by Crippen LogP contribution is -2.14. The van der Waals surface area contributed by atoms with E-state index in [0.717, 1.165) is 16.3 Å². The van der Waals surface area contributed by atoms with Gasteiger partial charge in [0, 0.05) is 19.0 Å². The Kier molecular flexibility index (Phi) is 3.35. The van der Waals surface area contributed by atoms with E-state index in [1.807, 2.05) is 30.3 Å². The number of benzene rings is 2. The summed E-state index contributed by atoms with van der Waals surface area (Å²) in [4.78, 5) is 4.12. The molecule has 3 rings (SSSR count). The van der Waals surface area contributed by atoms with Crippen LogP contribution in [0.4, 0.5) is 0 Å². The van der Waals surface area contributed by atoms with Gasteiger partial charge in [0.15, 0.2) is 5.82 Å². The van der Waals surface area contributed by atoms with Gasteiger partial charge < -0.3 is 14.9 Å². The zero-order chi connectivity index (χ0) is 13.9. The van der Waals surface area contributed by atoms with Gasteiger partial charge in [0.05, 0.1) is 6.54 Å². The molecule has 5 heteroatoms. The van der Waals surface area contributed by atoms with Gasteiger partial charge in [-0.25, -0.2) is 0 Å². The Labute approximate surface area is 116 Å². The number of phenols is 1. The summed E-state index contributed by atoms with van der Waals surface area (Å²) in [5, 5.41) is 19.2. The molecule has 1 aromatic heterocycles. The third-order valence-corrected chi connectivity index (χ3v) is 3.17. The maximum absolute atomic E-state index is 10.0. The minimum Gasteiger partial charge on any atom is -0.508 e. The molecule has 0 aliphatic carbocycles. The highest BCUT2D eigenvalue weighted by Gasteiger charge is 2.07. The maximum atomic E-state index is 10.0. The summed E-state index contributed by atoms with van der Waals surface area (Å²) in [6.45, 7) is 2.80. The molecule has 0 spiro atoms. The quantitative estimate of drug-likeness (QED) is 0.761. The van der Waals surface area contributed by atoms with Crippen LogP contribution in [-0.2, 0) is 13.1 Å². The molecule has 0 amide bonds. The van der Waals surface area contributed by atoms with Crippen molar-refractivity contribution in [1.82, 2.24) is 15.5 Å². The van der Waals surface area contributed by atoms with Gasteiger partial charge in [-0.3, -0.25) is 0 Å². The number of hydrogen-bond acceptors (Lipinski definition) is 5. The van der Waals surface area contributed by atoms with Crippen LogP contribution in [0.2, 0.25) is 0 Å². The monoisotopic (exact) mass is 269 g/mol. The fourth-order valence-electron chi connectivity index (χ4n) is 2.22. The minimum atomic E-state index is 0.292. The van der Waals surface area contributed by atoms with E-state index in [9.17, 15) is 5.11 Å². The second kappa shape index (κ2) is 5.30. The van der Waals surface area contributed by atoms with E-state index in [-0.39, 0.29) is 0 Å². The van der Waals surface area contributed by atoms with Gasteiger partial charge in [-0.15, -0.1) is 0 Å². The van der Waals surface area contributed by atoms with Crippen molar-refractivity contribution in [3.05, 3.63) is 53.7 Å². The summed E-state index contributed by atoms with van der Waals surface area (Å²) in [5.74, 6) is 1.46. The molecule has 0 fully saturated rings. The first-order valence-electron chi connectivity index (χ1n) is 6.43. The number of aromatic hydroxyl groups is 1.